The predicted molar refractivity (Wildman–Crippen MR) is 143 cm³/mol. The molecule has 0 aromatic heterocycles. The molecular weight excluding hydrogens is 418 g/mol. The maximum Gasteiger partial charge on any atom is 0.162 e. The third-order valence-electron chi connectivity index (χ3n) is 8.78. The van der Waals surface area contributed by atoms with Gasteiger partial charge in [-0.3, -0.25) is 9.59 Å². The number of unbranched alkanes of at least 4 members (excludes halogenated alkanes) is 1. The summed E-state index contributed by atoms with van der Waals surface area (Å²) in [7, 11) is 2.03. The van der Waals surface area contributed by atoms with Gasteiger partial charge in [0.2, 0.25) is 0 Å². The van der Waals surface area contributed by atoms with E-state index in [0.29, 0.717) is 24.0 Å². The summed E-state index contributed by atoms with van der Waals surface area (Å²) in [5.41, 5.74) is 0.879. The number of hydrogen-bond acceptors (Lipinski definition) is 3. The molecular formula is C31H49NO2. The van der Waals surface area contributed by atoms with Crippen LogP contribution in [0.5, 0.6) is 0 Å². The lowest BCUT2D eigenvalue weighted by Crippen LogP contribution is -2.37. The fourth-order valence-corrected chi connectivity index (χ4v) is 6.55. The van der Waals surface area contributed by atoms with Crippen molar-refractivity contribution in [3.05, 3.63) is 36.0 Å². The Morgan fingerprint density at radius 1 is 1.12 bits per heavy atom. The van der Waals surface area contributed by atoms with Crippen molar-refractivity contribution in [1.29, 1.82) is 0 Å². The first-order chi connectivity index (χ1) is 16.5. The van der Waals surface area contributed by atoms with E-state index in [-0.39, 0.29) is 17.7 Å². The van der Waals surface area contributed by atoms with Crippen molar-refractivity contribution in [2.45, 2.75) is 110 Å². The Hall–Kier alpha value is -1.48. The van der Waals surface area contributed by atoms with Gasteiger partial charge in [-0.05, 0) is 82.1 Å². The average molecular weight is 468 g/mol. The van der Waals surface area contributed by atoms with E-state index in [1.807, 2.05) is 7.05 Å². The monoisotopic (exact) mass is 467 g/mol. The van der Waals surface area contributed by atoms with Gasteiger partial charge in [0, 0.05) is 30.4 Å². The van der Waals surface area contributed by atoms with Gasteiger partial charge in [0.15, 0.2) is 5.78 Å². The van der Waals surface area contributed by atoms with Gasteiger partial charge < -0.3 is 5.32 Å². The zero-order valence-electron chi connectivity index (χ0n) is 22.1. The lowest BCUT2D eigenvalue weighted by atomic mass is 9.75. The number of ketones is 2. The molecule has 0 heterocycles. The summed E-state index contributed by atoms with van der Waals surface area (Å²) in [4.78, 5) is 24.7. The highest BCUT2D eigenvalue weighted by molar-refractivity contribution is 5.98. The first kappa shape index (κ1) is 27.1. The van der Waals surface area contributed by atoms with E-state index in [9.17, 15) is 9.59 Å². The summed E-state index contributed by atoms with van der Waals surface area (Å²) < 4.78 is 0. The minimum absolute atomic E-state index is 0.241. The highest BCUT2D eigenvalue weighted by atomic mass is 16.1. The number of nitrogens with one attached hydrogen (secondary N) is 1. The molecule has 0 aromatic rings. The number of carbonyl (C=O) groups excluding carboxylic acids is 2. The molecule has 3 heteroatoms. The second-order valence-corrected chi connectivity index (χ2v) is 11.2. The fourth-order valence-electron chi connectivity index (χ4n) is 6.55. The van der Waals surface area contributed by atoms with Crippen molar-refractivity contribution in [2.24, 2.45) is 29.6 Å². The topological polar surface area (TPSA) is 46.2 Å². The van der Waals surface area contributed by atoms with Crippen molar-refractivity contribution in [2.75, 3.05) is 7.05 Å². The SMILES string of the molecule is CCCC(CCCC1C=CCCC1C)C1C=CC(C(=O)CCCCC2CCCC2=O)=CC1NC. The molecule has 3 aliphatic rings. The van der Waals surface area contributed by atoms with Gasteiger partial charge in [-0.15, -0.1) is 0 Å². The number of likely N-dealkylation sites (N-methyl/N-ethyl adjacent to an activating group) is 1. The van der Waals surface area contributed by atoms with Gasteiger partial charge in [0.05, 0.1) is 0 Å². The minimum atomic E-state index is 0.241. The van der Waals surface area contributed by atoms with Crippen molar-refractivity contribution in [1.82, 2.24) is 5.32 Å². The van der Waals surface area contributed by atoms with Crippen LogP contribution in [0.1, 0.15) is 104 Å². The molecule has 3 rings (SSSR count). The predicted octanol–water partition coefficient (Wildman–Crippen LogP) is 7.37. The molecule has 0 aromatic carbocycles. The summed E-state index contributed by atoms with van der Waals surface area (Å²) in [6.45, 7) is 4.71. The third kappa shape index (κ3) is 7.77. The zero-order valence-corrected chi connectivity index (χ0v) is 22.1. The van der Waals surface area contributed by atoms with Crippen molar-refractivity contribution >= 4 is 11.6 Å². The molecule has 1 fully saturated rings. The van der Waals surface area contributed by atoms with E-state index in [0.717, 1.165) is 55.9 Å². The number of Topliss-reactive ketones (excluding diaryl/α,β-unsaturated/α-hetero) is 2. The summed E-state index contributed by atoms with van der Waals surface area (Å²) in [6, 6.07) is 0.241. The molecule has 3 aliphatic carbocycles. The van der Waals surface area contributed by atoms with E-state index in [1.165, 1.54) is 44.9 Å². The first-order valence-electron chi connectivity index (χ1n) is 14.3. The second kappa shape index (κ2) is 14.2. The lowest BCUT2D eigenvalue weighted by molar-refractivity contribution is -0.120. The Kier molecular flexibility index (Phi) is 11.3. The summed E-state index contributed by atoms with van der Waals surface area (Å²) in [5, 5.41) is 3.51. The van der Waals surface area contributed by atoms with Gasteiger partial charge in [-0.25, -0.2) is 0 Å². The molecule has 190 valence electrons. The van der Waals surface area contributed by atoms with Crippen molar-refractivity contribution in [3.63, 3.8) is 0 Å². The summed E-state index contributed by atoms with van der Waals surface area (Å²) in [6.07, 6.45) is 26.7. The van der Waals surface area contributed by atoms with Crippen LogP contribution in [0, 0.1) is 29.6 Å². The van der Waals surface area contributed by atoms with Gasteiger partial charge in [0.25, 0.3) is 0 Å². The molecule has 0 radical (unpaired) electrons. The summed E-state index contributed by atoms with van der Waals surface area (Å²) >= 11 is 0. The summed E-state index contributed by atoms with van der Waals surface area (Å²) in [5.74, 6) is 3.69. The number of hydrogen-bond donors (Lipinski definition) is 1. The highest BCUT2D eigenvalue weighted by Gasteiger charge is 2.29. The smallest absolute Gasteiger partial charge is 0.162 e. The molecule has 0 saturated heterocycles. The van der Waals surface area contributed by atoms with Crippen LogP contribution >= 0.6 is 0 Å². The molecule has 3 nitrogen and oxygen atoms in total. The Labute approximate surface area is 208 Å². The Balaban J connectivity index is 1.47. The van der Waals surface area contributed by atoms with Crippen LogP contribution in [0.3, 0.4) is 0 Å². The Morgan fingerprint density at radius 3 is 2.68 bits per heavy atom. The van der Waals surface area contributed by atoms with E-state index in [4.69, 9.17) is 0 Å². The maximum absolute atomic E-state index is 12.9. The lowest BCUT2D eigenvalue weighted by Gasteiger charge is -2.33. The zero-order chi connectivity index (χ0) is 24.3. The fraction of sp³-hybridized carbons (Fsp3) is 0.742. The molecule has 1 N–H and O–H groups in total. The van der Waals surface area contributed by atoms with Gasteiger partial charge in [0.1, 0.15) is 5.78 Å². The number of rotatable bonds is 14. The number of allylic oxidation sites excluding steroid dienone is 4. The van der Waals surface area contributed by atoms with Gasteiger partial charge >= 0.3 is 0 Å². The van der Waals surface area contributed by atoms with Gasteiger partial charge in [-0.1, -0.05) is 69.9 Å². The van der Waals surface area contributed by atoms with Crippen molar-refractivity contribution in [3.8, 4) is 0 Å². The first-order valence-corrected chi connectivity index (χ1v) is 14.3. The molecule has 1 saturated carbocycles. The van der Waals surface area contributed by atoms with E-state index < -0.39 is 0 Å². The van der Waals surface area contributed by atoms with Crippen LogP contribution in [0.15, 0.2) is 36.0 Å². The minimum Gasteiger partial charge on any atom is -0.313 e. The molecule has 0 amide bonds. The molecule has 0 spiro atoms. The normalized spacial score (nSPS) is 29.9. The van der Waals surface area contributed by atoms with Crippen LogP contribution in [0.2, 0.25) is 0 Å². The third-order valence-corrected chi connectivity index (χ3v) is 8.78. The molecule has 6 atom stereocenters. The van der Waals surface area contributed by atoms with Crippen LogP contribution in [0.4, 0.5) is 0 Å². The Morgan fingerprint density at radius 2 is 1.97 bits per heavy atom. The molecule has 0 bridgehead atoms. The maximum atomic E-state index is 12.9. The number of carbonyl (C=O) groups is 2. The molecule has 6 unspecified atom stereocenters. The average Bonchev–Trinajstić information content (AvgIpc) is 3.26. The van der Waals surface area contributed by atoms with E-state index in [2.05, 4.69) is 49.5 Å². The quantitative estimate of drug-likeness (QED) is 0.214. The molecule has 0 aliphatic heterocycles. The standard InChI is InChI=1S/C31H49NO2/c1-4-11-25(16-9-15-24-13-6-5-12-23(24)2)28-21-20-27(22-29(28)32-3)31(34)18-8-7-14-26-17-10-19-30(26)33/h6,13,20-26,28-29,32H,4-5,7-12,14-19H2,1-3H3. The van der Waals surface area contributed by atoms with Crippen LogP contribution < -0.4 is 5.32 Å². The Bertz CT molecular complexity index is 749. The van der Waals surface area contributed by atoms with E-state index >= 15 is 0 Å². The highest BCUT2D eigenvalue weighted by Crippen LogP contribution is 2.34. The van der Waals surface area contributed by atoms with Crippen molar-refractivity contribution < 1.29 is 9.59 Å². The van der Waals surface area contributed by atoms with Crippen LogP contribution in [0.25, 0.3) is 0 Å². The van der Waals surface area contributed by atoms with E-state index in [1.54, 1.807) is 0 Å². The van der Waals surface area contributed by atoms with Gasteiger partial charge in [-0.2, -0.15) is 0 Å². The van der Waals surface area contributed by atoms with Crippen LogP contribution in [-0.2, 0) is 9.59 Å². The van der Waals surface area contributed by atoms with Crippen LogP contribution in [-0.4, -0.2) is 24.7 Å². The molecule has 34 heavy (non-hydrogen) atoms. The largest absolute Gasteiger partial charge is 0.313 e. The second-order valence-electron chi connectivity index (χ2n) is 11.2.